The van der Waals surface area contributed by atoms with Crippen LogP contribution in [0.25, 0.3) is 0 Å². The van der Waals surface area contributed by atoms with Crippen LogP contribution in [-0.2, 0) is 27.8 Å². The van der Waals surface area contributed by atoms with Gasteiger partial charge in [0.25, 0.3) is 0 Å². The summed E-state index contributed by atoms with van der Waals surface area (Å²) in [5.74, 6) is 0.0647. The van der Waals surface area contributed by atoms with Crippen LogP contribution in [-0.4, -0.2) is 34.0 Å². The number of hydrogen-bond donors (Lipinski definition) is 1. The van der Waals surface area contributed by atoms with Gasteiger partial charge in [0.2, 0.25) is 15.9 Å². The molecule has 1 saturated heterocycles. The monoisotopic (exact) mass is 413 g/mol. The second-order valence-corrected chi connectivity index (χ2v) is 9.39. The summed E-state index contributed by atoms with van der Waals surface area (Å²) in [7, 11) is -3.61. The maximum absolute atomic E-state index is 12.8. The molecule has 0 radical (unpaired) electrons. The SMILES string of the molecule is CCC(=O)N1CCc2cc(S(=O)(=O)NCc3ccc(N4CCCC4)cc3)ccc21. The number of rotatable bonds is 6. The van der Waals surface area contributed by atoms with Crippen molar-refractivity contribution in [2.75, 3.05) is 29.4 Å². The summed E-state index contributed by atoms with van der Waals surface area (Å²) in [5.41, 5.74) is 3.86. The summed E-state index contributed by atoms with van der Waals surface area (Å²) in [5, 5.41) is 0. The second kappa shape index (κ2) is 8.16. The van der Waals surface area contributed by atoms with Gasteiger partial charge in [0, 0.05) is 44.0 Å². The van der Waals surface area contributed by atoms with E-state index in [1.165, 1.54) is 18.5 Å². The Balaban J connectivity index is 1.43. The first-order chi connectivity index (χ1) is 14.0. The molecule has 0 atom stereocenters. The van der Waals surface area contributed by atoms with Gasteiger partial charge in [0.05, 0.1) is 4.90 Å². The van der Waals surface area contributed by atoms with Gasteiger partial charge in [-0.2, -0.15) is 0 Å². The van der Waals surface area contributed by atoms with Gasteiger partial charge in [-0.3, -0.25) is 4.79 Å². The van der Waals surface area contributed by atoms with E-state index in [2.05, 4.69) is 21.8 Å². The molecule has 4 rings (SSSR count). The second-order valence-electron chi connectivity index (χ2n) is 7.62. The third-order valence-corrected chi connectivity index (χ3v) is 7.13. The lowest BCUT2D eigenvalue weighted by Gasteiger charge is -2.18. The summed E-state index contributed by atoms with van der Waals surface area (Å²) in [6, 6.07) is 13.1. The smallest absolute Gasteiger partial charge is 0.240 e. The van der Waals surface area contributed by atoms with Crippen molar-refractivity contribution in [3.63, 3.8) is 0 Å². The lowest BCUT2D eigenvalue weighted by Crippen LogP contribution is -2.27. The molecular formula is C22H27N3O3S. The third kappa shape index (κ3) is 4.16. The highest BCUT2D eigenvalue weighted by Gasteiger charge is 2.25. The van der Waals surface area contributed by atoms with Crippen LogP contribution in [0.5, 0.6) is 0 Å². The van der Waals surface area contributed by atoms with E-state index in [0.717, 1.165) is 29.9 Å². The zero-order valence-corrected chi connectivity index (χ0v) is 17.5. The average Bonchev–Trinajstić information content (AvgIpc) is 3.42. The molecule has 1 amide bonds. The Morgan fingerprint density at radius 3 is 2.45 bits per heavy atom. The van der Waals surface area contributed by atoms with E-state index < -0.39 is 10.0 Å². The van der Waals surface area contributed by atoms with Crippen molar-refractivity contribution in [1.29, 1.82) is 0 Å². The molecule has 154 valence electrons. The van der Waals surface area contributed by atoms with Crippen molar-refractivity contribution in [1.82, 2.24) is 4.72 Å². The predicted octanol–water partition coefficient (Wildman–Crippen LogP) is 3.06. The molecule has 2 aromatic carbocycles. The minimum Gasteiger partial charge on any atom is -0.372 e. The number of sulfonamides is 1. The van der Waals surface area contributed by atoms with Crippen molar-refractivity contribution in [3.8, 4) is 0 Å². The van der Waals surface area contributed by atoms with Crippen LogP contribution >= 0.6 is 0 Å². The minimum atomic E-state index is -3.61. The van der Waals surface area contributed by atoms with Crippen molar-refractivity contribution < 1.29 is 13.2 Å². The Labute approximate surface area is 172 Å². The van der Waals surface area contributed by atoms with Crippen LogP contribution < -0.4 is 14.5 Å². The number of carbonyl (C=O) groups excluding carboxylic acids is 1. The van der Waals surface area contributed by atoms with Gasteiger partial charge in [-0.15, -0.1) is 0 Å². The zero-order chi connectivity index (χ0) is 20.4. The first-order valence-electron chi connectivity index (χ1n) is 10.2. The fraction of sp³-hybridized carbons (Fsp3) is 0.409. The van der Waals surface area contributed by atoms with Gasteiger partial charge in [0.15, 0.2) is 0 Å². The Hall–Kier alpha value is -2.38. The van der Waals surface area contributed by atoms with Crippen LogP contribution in [0.3, 0.4) is 0 Å². The molecule has 6 nitrogen and oxygen atoms in total. The molecule has 0 bridgehead atoms. The molecule has 0 aromatic heterocycles. The summed E-state index contributed by atoms with van der Waals surface area (Å²) in [6.45, 7) is 4.88. The molecule has 2 aliphatic rings. The number of anilines is 2. The van der Waals surface area contributed by atoms with Crippen molar-refractivity contribution >= 4 is 27.3 Å². The number of nitrogens with one attached hydrogen (secondary N) is 1. The molecule has 29 heavy (non-hydrogen) atoms. The fourth-order valence-corrected chi connectivity index (χ4v) is 5.12. The van der Waals surface area contributed by atoms with E-state index in [1.807, 2.05) is 19.1 Å². The topological polar surface area (TPSA) is 69.7 Å². The molecule has 1 N–H and O–H groups in total. The van der Waals surface area contributed by atoms with Crippen LogP contribution in [0.1, 0.15) is 37.3 Å². The van der Waals surface area contributed by atoms with Gasteiger partial charge in [-0.25, -0.2) is 13.1 Å². The van der Waals surface area contributed by atoms with Crippen molar-refractivity contribution in [2.24, 2.45) is 0 Å². The van der Waals surface area contributed by atoms with Crippen LogP contribution in [0.4, 0.5) is 11.4 Å². The van der Waals surface area contributed by atoms with Crippen molar-refractivity contribution in [2.45, 2.75) is 44.0 Å². The molecular weight excluding hydrogens is 386 g/mol. The fourth-order valence-electron chi connectivity index (χ4n) is 4.06. The van der Waals surface area contributed by atoms with Crippen LogP contribution in [0, 0.1) is 0 Å². The maximum Gasteiger partial charge on any atom is 0.240 e. The molecule has 0 saturated carbocycles. The van der Waals surface area contributed by atoms with Gasteiger partial charge in [-0.1, -0.05) is 19.1 Å². The molecule has 7 heteroatoms. The summed E-state index contributed by atoms with van der Waals surface area (Å²) in [4.78, 5) is 16.4. The quantitative estimate of drug-likeness (QED) is 0.790. The predicted molar refractivity (Wildman–Crippen MR) is 115 cm³/mol. The number of fused-ring (bicyclic) bond motifs is 1. The van der Waals surface area contributed by atoms with E-state index in [-0.39, 0.29) is 17.3 Å². The highest BCUT2D eigenvalue weighted by molar-refractivity contribution is 7.89. The molecule has 2 aliphatic heterocycles. The van der Waals surface area contributed by atoms with Crippen LogP contribution in [0.2, 0.25) is 0 Å². The lowest BCUT2D eigenvalue weighted by molar-refractivity contribution is -0.118. The standard InChI is InChI=1S/C22H27N3O3S/c1-2-22(26)25-14-11-18-15-20(9-10-21(18)25)29(27,28)23-16-17-5-7-19(8-6-17)24-12-3-4-13-24/h5-10,15,23H,2-4,11-14,16H2,1H3. The summed E-state index contributed by atoms with van der Waals surface area (Å²) in [6.07, 6.45) is 3.58. The lowest BCUT2D eigenvalue weighted by atomic mass is 10.2. The largest absolute Gasteiger partial charge is 0.372 e. The maximum atomic E-state index is 12.8. The van der Waals surface area contributed by atoms with Gasteiger partial charge < -0.3 is 9.80 Å². The minimum absolute atomic E-state index is 0.0647. The van der Waals surface area contributed by atoms with Gasteiger partial charge in [0.1, 0.15) is 0 Å². The molecule has 0 aliphatic carbocycles. The summed E-state index contributed by atoms with van der Waals surface area (Å²) < 4.78 is 28.2. The highest BCUT2D eigenvalue weighted by atomic mass is 32.2. The van der Waals surface area contributed by atoms with E-state index in [4.69, 9.17) is 0 Å². The third-order valence-electron chi connectivity index (χ3n) is 5.73. The van der Waals surface area contributed by atoms with Gasteiger partial charge >= 0.3 is 0 Å². The highest BCUT2D eigenvalue weighted by Crippen LogP contribution is 2.30. The molecule has 2 heterocycles. The number of nitrogens with zero attached hydrogens (tertiary/aromatic N) is 2. The van der Waals surface area contributed by atoms with Gasteiger partial charge in [-0.05, 0) is 60.7 Å². The normalized spacial score (nSPS) is 16.3. The number of carbonyl (C=O) groups is 1. The summed E-state index contributed by atoms with van der Waals surface area (Å²) >= 11 is 0. The average molecular weight is 414 g/mol. The van der Waals surface area contributed by atoms with E-state index in [1.54, 1.807) is 23.1 Å². The first kappa shape index (κ1) is 19.9. The number of benzene rings is 2. The number of amides is 1. The van der Waals surface area contributed by atoms with E-state index in [0.29, 0.717) is 19.4 Å². The van der Waals surface area contributed by atoms with Crippen molar-refractivity contribution in [3.05, 3.63) is 53.6 Å². The molecule has 2 aromatic rings. The molecule has 0 unspecified atom stereocenters. The molecule has 0 spiro atoms. The Morgan fingerprint density at radius 1 is 1.03 bits per heavy atom. The Kier molecular flexibility index (Phi) is 5.61. The first-order valence-corrected chi connectivity index (χ1v) is 11.7. The Bertz CT molecular complexity index is 996. The zero-order valence-electron chi connectivity index (χ0n) is 16.7. The van der Waals surface area contributed by atoms with E-state index >= 15 is 0 Å². The van der Waals surface area contributed by atoms with E-state index in [9.17, 15) is 13.2 Å². The van der Waals surface area contributed by atoms with Crippen LogP contribution in [0.15, 0.2) is 47.4 Å². The molecule has 1 fully saturated rings. The number of hydrogen-bond acceptors (Lipinski definition) is 4. The Morgan fingerprint density at radius 2 is 1.76 bits per heavy atom.